The lowest BCUT2D eigenvalue weighted by molar-refractivity contribution is 0.695. The van der Waals surface area contributed by atoms with Crippen LogP contribution in [0.15, 0.2) is 28.9 Å². The molecule has 1 fully saturated rings. The van der Waals surface area contributed by atoms with Gasteiger partial charge < -0.3 is 0 Å². The van der Waals surface area contributed by atoms with Crippen LogP contribution in [0.1, 0.15) is 37.3 Å². The Morgan fingerprint density at radius 2 is 1.95 bits per heavy atom. The third-order valence-corrected chi connectivity index (χ3v) is 4.11. The maximum atomic E-state index is 6.12. The van der Waals surface area contributed by atoms with Gasteiger partial charge in [-0.3, -0.25) is 4.98 Å². The SMILES string of the molecule is Clc1cc(C2CCCC2)nc(-c2ccc(Br)cn2)n1. The number of halogens is 2. The second kappa shape index (κ2) is 5.55. The molecule has 0 amide bonds. The van der Waals surface area contributed by atoms with E-state index in [4.69, 9.17) is 11.6 Å². The smallest absolute Gasteiger partial charge is 0.179 e. The molecule has 19 heavy (non-hydrogen) atoms. The van der Waals surface area contributed by atoms with Gasteiger partial charge in [0.05, 0.1) is 0 Å². The minimum Gasteiger partial charge on any atom is -0.252 e. The summed E-state index contributed by atoms with van der Waals surface area (Å²) in [7, 11) is 0. The van der Waals surface area contributed by atoms with E-state index in [1.165, 1.54) is 25.7 Å². The maximum Gasteiger partial charge on any atom is 0.179 e. The molecule has 1 saturated carbocycles. The van der Waals surface area contributed by atoms with Crippen molar-refractivity contribution in [2.24, 2.45) is 0 Å². The molecular formula is C14H13BrClN3. The van der Waals surface area contributed by atoms with Crippen molar-refractivity contribution in [2.45, 2.75) is 31.6 Å². The van der Waals surface area contributed by atoms with Gasteiger partial charge in [-0.05, 0) is 47.0 Å². The highest BCUT2D eigenvalue weighted by Crippen LogP contribution is 2.34. The lowest BCUT2D eigenvalue weighted by atomic mass is 10.0. The predicted octanol–water partition coefficient (Wildman–Crippen LogP) is 4.61. The van der Waals surface area contributed by atoms with E-state index in [2.05, 4.69) is 30.9 Å². The summed E-state index contributed by atoms with van der Waals surface area (Å²) in [5, 5.41) is 0.497. The van der Waals surface area contributed by atoms with E-state index in [9.17, 15) is 0 Å². The Kier molecular flexibility index (Phi) is 3.80. The number of rotatable bonds is 2. The highest BCUT2D eigenvalue weighted by Gasteiger charge is 2.20. The van der Waals surface area contributed by atoms with Crippen LogP contribution in [-0.4, -0.2) is 15.0 Å². The van der Waals surface area contributed by atoms with Crippen LogP contribution in [0.25, 0.3) is 11.5 Å². The van der Waals surface area contributed by atoms with Crippen molar-refractivity contribution >= 4 is 27.5 Å². The summed E-state index contributed by atoms with van der Waals surface area (Å²) in [5.41, 5.74) is 1.81. The molecule has 5 heteroatoms. The van der Waals surface area contributed by atoms with Crippen LogP contribution in [0.4, 0.5) is 0 Å². The summed E-state index contributed by atoms with van der Waals surface area (Å²) in [6.45, 7) is 0. The van der Waals surface area contributed by atoms with Crippen LogP contribution < -0.4 is 0 Å². The van der Waals surface area contributed by atoms with E-state index in [-0.39, 0.29) is 0 Å². The molecule has 0 atom stereocenters. The van der Waals surface area contributed by atoms with Gasteiger partial charge in [0.15, 0.2) is 5.82 Å². The molecule has 1 aliphatic carbocycles. The Bertz CT molecular complexity index is 580. The molecule has 0 radical (unpaired) electrons. The molecule has 2 aromatic rings. The number of hydrogen-bond acceptors (Lipinski definition) is 3. The fourth-order valence-electron chi connectivity index (χ4n) is 2.49. The highest BCUT2D eigenvalue weighted by molar-refractivity contribution is 9.10. The van der Waals surface area contributed by atoms with Gasteiger partial charge in [0.2, 0.25) is 0 Å². The quantitative estimate of drug-likeness (QED) is 0.750. The summed E-state index contributed by atoms with van der Waals surface area (Å²) in [5.74, 6) is 1.14. The average Bonchev–Trinajstić information content (AvgIpc) is 2.93. The Labute approximate surface area is 125 Å². The van der Waals surface area contributed by atoms with Crippen molar-refractivity contribution in [3.8, 4) is 11.5 Å². The first-order valence-corrected chi connectivity index (χ1v) is 7.56. The molecule has 3 nitrogen and oxygen atoms in total. The van der Waals surface area contributed by atoms with E-state index in [1.807, 2.05) is 18.2 Å². The van der Waals surface area contributed by atoms with E-state index in [0.717, 1.165) is 15.9 Å². The van der Waals surface area contributed by atoms with Crippen molar-refractivity contribution in [3.05, 3.63) is 39.7 Å². The fraction of sp³-hybridized carbons (Fsp3) is 0.357. The molecule has 1 aliphatic rings. The van der Waals surface area contributed by atoms with Crippen LogP contribution in [0.3, 0.4) is 0 Å². The van der Waals surface area contributed by atoms with Gasteiger partial charge in [-0.2, -0.15) is 0 Å². The minimum absolute atomic E-state index is 0.497. The Balaban J connectivity index is 1.99. The van der Waals surface area contributed by atoms with Crippen molar-refractivity contribution in [2.75, 3.05) is 0 Å². The molecule has 0 unspecified atom stereocenters. The zero-order valence-electron chi connectivity index (χ0n) is 10.3. The maximum absolute atomic E-state index is 6.12. The van der Waals surface area contributed by atoms with Crippen LogP contribution in [0.5, 0.6) is 0 Å². The highest BCUT2D eigenvalue weighted by atomic mass is 79.9. The van der Waals surface area contributed by atoms with Gasteiger partial charge in [-0.15, -0.1) is 0 Å². The molecule has 0 saturated heterocycles. The third kappa shape index (κ3) is 2.95. The topological polar surface area (TPSA) is 38.7 Å². The summed E-state index contributed by atoms with van der Waals surface area (Å²) in [6, 6.07) is 5.72. The van der Waals surface area contributed by atoms with E-state index in [1.54, 1.807) is 6.20 Å². The minimum atomic E-state index is 0.497. The summed E-state index contributed by atoms with van der Waals surface area (Å²) in [6.07, 6.45) is 6.69. The first-order chi connectivity index (χ1) is 9.22. The van der Waals surface area contributed by atoms with Crippen molar-refractivity contribution in [1.82, 2.24) is 15.0 Å². The Morgan fingerprint density at radius 3 is 2.63 bits per heavy atom. The van der Waals surface area contributed by atoms with Crippen LogP contribution in [0, 0.1) is 0 Å². The summed E-state index contributed by atoms with van der Waals surface area (Å²) < 4.78 is 0.939. The van der Waals surface area contributed by atoms with E-state index >= 15 is 0 Å². The molecule has 2 heterocycles. The number of nitrogens with zero attached hydrogens (tertiary/aromatic N) is 3. The van der Waals surface area contributed by atoms with Gasteiger partial charge in [-0.1, -0.05) is 24.4 Å². The Hall–Kier alpha value is -1.00. The first-order valence-electron chi connectivity index (χ1n) is 6.39. The number of pyridine rings is 1. The van der Waals surface area contributed by atoms with Gasteiger partial charge in [0.1, 0.15) is 10.8 Å². The van der Waals surface area contributed by atoms with E-state index < -0.39 is 0 Å². The molecule has 0 bridgehead atoms. The zero-order chi connectivity index (χ0) is 13.2. The molecule has 2 aromatic heterocycles. The summed E-state index contributed by atoms with van der Waals surface area (Å²) >= 11 is 9.49. The first kappa shape index (κ1) is 13.0. The monoisotopic (exact) mass is 337 g/mol. The van der Waals surface area contributed by atoms with Gasteiger partial charge >= 0.3 is 0 Å². The van der Waals surface area contributed by atoms with Gasteiger partial charge in [-0.25, -0.2) is 9.97 Å². The van der Waals surface area contributed by atoms with Crippen molar-refractivity contribution in [1.29, 1.82) is 0 Å². The third-order valence-electron chi connectivity index (χ3n) is 3.44. The zero-order valence-corrected chi connectivity index (χ0v) is 12.7. The molecule has 0 N–H and O–H groups in total. The second-order valence-corrected chi connectivity index (χ2v) is 6.09. The number of aromatic nitrogens is 3. The largest absolute Gasteiger partial charge is 0.252 e. The Morgan fingerprint density at radius 1 is 1.16 bits per heavy atom. The van der Waals surface area contributed by atoms with Gasteiger partial charge in [0, 0.05) is 22.3 Å². The van der Waals surface area contributed by atoms with Crippen molar-refractivity contribution in [3.63, 3.8) is 0 Å². The standard InChI is InChI=1S/C14H13BrClN3/c15-10-5-6-11(17-8-10)14-18-12(7-13(16)19-14)9-3-1-2-4-9/h5-9H,1-4H2. The molecule has 0 spiro atoms. The second-order valence-electron chi connectivity index (χ2n) is 4.78. The lowest BCUT2D eigenvalue weighted by Gasteiger charge is -2.10. The van der Waals surface area contributed by atoms with Crippen LogP contribution >= 0.6 is 27.5 Å². The predicted molar refractivity (Wildman–Crippen MR) is 79.2 cm³/mol. The molecule has 0 aliphatic heterocycles. The number of hydrogen-bond donors (Lipinski definition) is 0. The lowest BCUT2D eigenvalue weighted by Crippen LogP contribution is -2.01. The average molecular weight is 339 g/mol. The van der Waals surface area contributed by atoms with E-state index in [0.29, 0.717) is 16.9 Å². The van der Waals surface area contributed by atoms with Crippen molar-refractivity contribution < 1.29 is 0 Å². The molecular weight excluding hydrogens is 326 g/mol. The summed E-state index contributed by atoms with van der Waals surface area (Å²) in [4.78, 5) is 13.3. The molecule has 3 rings (SSSR count). The normalized spacial score (nSPS) is 15.9. The fourth-order valence-corrected chi connectivity index (χ4v) is 2.91. The molecule has 0 aromatic carbocycles. The van der Waals surface area contributed by atoms with Crippen LogP contribution in [0.2, 0.25) is 5.15 Å². The van der Waals surface area contributed by atoms with Crippen LogP contribution in [-0.2, 0) is 0 Å². The molecule has 98 valence electrons. The van der Waals surface area contributed by atoms with Gasteiger partial charge in [0.25, 0.3) is 0 Å².